The highest BCUT2D eigenvalue weighted by atomic mass is 35.5. The van der Waals surface area contributed by atoms with E-state index in [9.17, 15) is 9.59 Å². The molecule has 3 rings (SSSR count). The van der Waals surface area contributed by atoms with Gasteiger partial charge in [0.05, 0.1) is 6.04 Å². The minimum atomic E-state index is -0.0999. The lowest BCUT2D eigenvalue weighted by atomic mass is 10.0. The summed E-state index contributed by atoms with van der Waals surface area (Å²) in [5.41, 5.74) is 1.45. The molecule has 2 saturated heterocycles. The third-order valence-corrected chi connectivity index (χ3v) is 4.92. The number of hydrogen-bond acceptors (Lipinski definition) is 3. The van der Waals surface area contributed by atoms with Crippen molar-refractivity contribution in [3.8, 4) is 0 Å². The van der Waals surface area contributed by atoms with Gasteiger partial charge in [0.15, 0.2) is 0 Å². The summed E-state index contributed by atoms with van der Waals surface area (Å²) in [6, 6.07) is 7.18. The van der Waals surface area contributed by atoms with Gasteiger partial charge in [-0.2, -0.15) is 0 Å². The molecule has 0 saturated carbocycles. The Labute approximate surface area is 155 Å². The Bertz CT molecular complexity index is 563. The van der Waals surface area contributed by atoms with Gasteiger partial charge in [-0.25, -0.2) is 0 Å². The number of carbonyl (C=O) groups is 2. The van der Waals surface area contributed by atoms with E-state index < -0.39 is 0 Å². The molecule has 2 aliphatic heterocycles. The molecule has 1 aromatic carbocycles. The summed E-state index contributed by atoms with van der Waals surface area (Å²) >= 11 is 0. The average Bonchev–Trinajstić information content (AvgIpc) is 2.92. The fraction of sp³-hybridized carbons (Fsp3) is 0.579. The summed E-state index contributed by atoms with van der Waals surface area (Å²) in [6.45, 7) is 2.61. The van der Waals surface area contributed by atoms with Crippen molar-refractivity contribution in [3.05, 3.63) is 29.8 Å². The van der Waals surface area contributed by atoms with Crippen LogP contribution in [0.15, 0.2) is 24.3 Å². The summed E-state index contributed by atoms with van der Waals surface area (Å²) < 4.78 is 0. The van der Waals surface area contributed by atoms with E-state index in [-0.39, 0.29) is 30.3 Å². The largest absolute Gasteiger partial charge is 0.339 e. The number of likely N-dealkylation sites (tertiary alicyclic amines) is 1. The van der Waals surface area contributed by atoms with E-state index in [4.69, 9.17) is 0 Å². The van der Waals surface area contributed by atoms with Crippen LogP contribution in [0, 0.1) is 0 Å². The van der Waals surface area contributed by atoms with Crippen LogP contribution in [-0.4, -0.2) is 42.4 Å². The van der Waals surface area contributed by atoms with Crippen molar-refractivity contribution in [2.24, 2.45) is 0 Å². The van der Waals surface area contributed by atoms with Gasteiger partial charge in [0.2, 0.25) is 5.91 Å². The molecule has 138 valence electrons. The third-order valence-electron chi connectivity index (χ3n) is 4.92. The fourth-order valence-corrected chi connectivity index (χ4v) is 3.46. The zero-order chi connectivity index (χ0) is 16.8. The zero-order valence-corrected chi connectivity index (χ0v) is 15.4. The molecular formula is C19H28ClN3O2. The van der Waals surface area contributed by atoms with E-state index in [1.54, 1.807) is 0 Å². The second-order valence-electron chi connectivity index (χ2n) is 6.78. The summed E-state index contributed by atoms with van der Waals surface area (Å²) in [5.74, 6) is 0.116. The summed E-state index contributed by atoms with van der Waals surface area (Å²) in [6.07, 6.45) is 7.72. The van der Waals surface area contributed by atoms with Crippen LogP contribution >= 0.6 is 12.4 Å². The third kappa shape index (κ3) is 5.44. The van der Waals surface area contributed by atoms with Crippen LogP contribution in [0.4, 0.5) is 5.69 Å². The molecule has 1 unspecified atom stereocenters. The number of carbonyl (C=O) groups excluding carboxylic acids is 2. The number of halogens is 1. The predicted molar refractivity (Wildman–Crippen MR) is 102 cm³/mol. The lowest BCUT2D eigenvalue weighted by Gasteiger charge is -2.23. The zero-order valence-electron chi connectivity index (χ0n) is 14.6. The van der Waals surface area contributed by atoms with E-state index in [0.29, 0.717) is 5.56 Å². The van der Waals surface area contributed by atoms with E-state index >= 15 is 0 Å². The number of nitrogens with one attached hydrogen (secondary N) is 2. The van der Waals surface area contributed by atoms with Crippen LogP contribution in [0.2, 0.25) is 0 Å². The van der Waals surface area contributed by atoms with Crippen molar-refractivity contribution in [2.75, 3.05) is 25.0 Å². The number of benzene rings is 1. The van der Waals surface area contributed by atoms with Crippen LogP contribution in [0.1, 0.15) is 55.3 Å². The van der Waals surface area contributed by atoms with Gasteiger partial charge in [-0.05, 0) is 56.5 Å². The SMILES string of the molecule is Cl.O=C(Nc1ccc(C(=O)N2CCCCCC2)cc1)C1CCCCN1. The molecule has 2 heterocycles. The van der Waals surface area contributed by atoms with Gasteiger partial charge in [0.1, 0.15) is 0 Å². The first-order valence-corrected chi connectivity index (χ1v) is 9.17. The van der Waals surface area contributed by atoms with Crippen molar-refractivity contribution in [3.63, 3.8) is 0 Å². The van der Waals surface area contributed by atoms with Crippen LogP contribution in [0.5, 0.6) is 0 Å². The van der Waals surface area contributed by atoms with Crippen LogP contribution in [-0.2, 0) is 4.79 Å². The fourth-order valence-electron chi connectivity index (χ4n) is 3.46. The highest BCUT2D eigenvalue weighted by molar-refractivity contribution is 5.97. The topological polar surface area (TPSA) is 61.4 Å². The van der Waals surface area contributed by atoms with Crippen LogP contribution in [0.25, 0.3) is 0 Å². The lowest BCUT2D eigenvalue weighted by Crippen LogP contribution is -2.43. The normalized spacial score (nSPS) is 21.0. The van der Waals surface area contributed by atoms with Gasteiger partial charge in [-0.15, -0.1) is 12.4 Å². The van der Waals surface area contributed by atoms with E-state index in [1.807, 2.05) is 29.2 Å². The molecule has 2 fully saturated rings. The number of piperidine rings is 1. The molecule has 1 aromatic rings. The second-order valence-corrected chi connectivity index (χ2v) is 6.78. The Morgan fingerprint density at radius 2 is 1.64 bits per heavy atom. The monoisotopic (exact) mass is 365 g/mol. The van der Waals surface area contributed by atoms with Crippen molar-refractivity contribution < 1.29 is 9.59 Å². The molecule has 0 bridgehead atoms. The smallest absolute Gasteiger partial charge is 0.253 e. The Morgan fingerprint density at radius 3 is 2.24 bits per heavy atom. The molecule has 2 N–H and O–H groups in total. The van der Waals surface area contributed by atoms with Crippen molar-refractivity contribution in [2.45, 2.75) is 51.0 Å². The van der Waals surface area contributed by atoms with Gasteiger partial charge in [-0.1, -0.05) is 19.3 Å². The molecule has 0 aliphatic carbocycles. The molecule has 0 aromatic heterocycles. The first kappa shape index (κ1) is 19.7. The van der Waals surface area contributed by atoms with Crippen molar-refractivity contribution in [1.29, 1.82) is 0 Å². The Kier molecular flexibility index (Phi) is 7.72. The minimum Gasteiger partial charge on any atom is -0.339 e. The number of anilines is 1. The minimum absolute atomic E-state index is 0. The van der Waals surface area contributed by atoms with Gasteiger partial charge < -0.3 is 15.5 Å². The van der Waals surface area contributed by atoms with Crippen molar-refractivity contribution >= 4 is 29.9 Å². The highest BCUT2D eigenvalue weighted by Crippen LogP contribution is 2.16. The van der Waals surface area contributed by atoms with Gasteiger partial charge in [-0.3, -0.25) is 9.59 Å². The van der Waals surface area contributed by atoms with Gasteiger partial charge in [0, 0.05) is 24.3 Å². The molecule has 0 radical (unpaired) electrons. The van der Waals surface area contributed by atoms with Crippen LogP contribution < -0.4 is 10.6 Å². The highest BCUT2D eigenvalue weighted by Gasteiger charge is 2.21. The maximum atomic E-state index is 12.6. The van der Waals surface area contributed by atoms with Gasteiger partial charge in [0.25, 0.3) is 5.91 Å². The first-order chi connectivity index (χ1) is 11.7. The average molecular weight is 366 g/mol. The number of rotatable bonds is 3. The van der Waals surface area contributed by atoms with Gasteiger partial charge >= 0.3 is 0 Å². The van der Waals surface area contributed by atoms with E-state index in [2.05, 4.69) is 10.6 Å². The predicted octanol–water partition coefficient (Wildman–Crippen LogP) is 3.21. The standard InChI is InChI=1S/C19H27N3O2.ClH/c23-18(17-7-3-4-12-20-17)21-16-10-8-15(9-11-16)19(24)22-13-5-1-2-6-14-22;/h8-11,17,20H,1-7,12-14H2,(H,21,23);1H. The first-order valence-electron chi connectivity index (χ1n) is 9.17. The molecule has 6 heteroatoms. The van der Waals surface area contributed by atoms with Crippen molar-refractivity contribution in [1.82, 2.24) is 10.2 Å². The molecule has 1 atom stereocenters. The maximum Gasteiger partial charge on any atom is 0.253 e. The summed E-state index contributed by atoms with van der Waals surface area (Å²) in [5, 5.41) is 6.19. The summed E-state index contributed by atoms with van der Waals surface area (Å²) in [4.78, 5) is 26.7. The molecule has 5 nitrogen and oxygen atoms in total. The van der Waals surface area contributed by atoms with E-state index in [0.717, 1.165) is 57.4 Å². The number of nitrogens with zero attached hydrogens (tertiary/aromatic N) is 1. The molecule has 25 heavy (non-hydrogen) atoms. The number of amides is 2. The Hall–Kier alpha value is -1.59. The van der Waals surface area contributed by atoms with Crippen LogP contribution in [0.3, 0.4) is 0 Å². The molecular weight excluding hydrogens is 338 g/mol. The second kappa shape index (κ2) is 9.78. The molecule has 2 amide bonds. The Balaban J connectivity index is 0.00000225. The lowest BCUT2D eigenvalue weighted by molar-refractivity contribution is -0.118. The quantitative estimate of drug-likeness (QED) is 0.864. The Morgan fingerprint density at radius 1 is 0.960 bits per heavy atom. The molecule has 2 aliphatic rings. The maximum absolute atomic E-state index is 12.6. The van der Waals surface area contributed by atoms with E-state index in [1.165, 1.54) is 12.8 Å². The molecule has 0 spiro atoms. The summed E-state index contributed by atoms with van der Waals surface area (Å²) in [7, 11) is 0. The number of hydrogen-bond donors (Lipinski definition) is 2.